The number of oxazole rings is 1. The Morgan fingerprint density at radius 2 is 1.72 bits per heavy atom. The van der Waals surface area contributed by atoms with Gasteiger partial charge in [-0.05, 0) is 35.9 Å². The zero-order chi connectivity index (χ0) is 22.1. The third-order valence-corrected chi connectivity index (χ3v) is 5.25. The maximum atomic E-state index is 12.9. The van der Waals surface area contributed by atoms with Gasteiger partial charge in [0.2, 0.25) is 0 Å². The lowest BCUT2D eigenvalue weighted by atomic mass is 10.1. The number of nitrogens with zero attached hydrogens (tertiary/aromatic N) is 2. The lowest BCUT2D eigenvalue weighted by molar-refractivity contribution is 0.0642. The maximum absolute atomic E-state index is 12.9. The van der Waals surface area contributed by atoms with Crippen LogP contribution in [0.1, 0.15) is 36.6 Å². The number of carbonyl (C=O) groups excluding carboxylic acids is 3. The van der Waals surface area contributed by atoms with Crippen molar-refractivity contribution in [1.29, 1.82) is 0 Å². The Hall–Kier alpha value is -4.52. The highest BCUT2D eigenvalue weighted by Crippen LogP contribution is 2.27. The molecule has 3 aromatic carbocycles. The van der Waals surface area contributed by atoms with Gasteiger partial charge in [0.05, 0.1) is 23.9 Å². The van der Waals surface area contributed by atoms with E-state index in [0.717, 1.165) is 11.1 Å². The van der Waals surface area contributed by atoms with Crippen molar-refractivity contribution in [1.82, 2.24) is 9.88 Å². The lowest BCUT2D eigenvalue weighted by Gasteiger charge is -2.13. The van der Waals surface area contributed by atoms with Crippen molar-refractivity contribution < 1.29 is 18.8 Å². The van der Waals surface area contributed by atoms with Crippen LogP contribution in [0.25, 0.3) is 11.3 Å². The third kappa shape index (κ3) is 3.56. The van der Waals surface area contributed by atoms with Gasteiger partial charge >= 0.3 is 0 Å². The molecule has 2 heterocycles. The highest BCUT2D eigenvalue weighted by Gasteiger charge is 2.36. The normalized spacial score (nSPS) is 12.7. The minimum Gasteiger partial charge on any atom is -0.444 e. The van der Waals surface area contributed by atoms with Gasteiger partial charge in [0.1, 0.15) is 0 Å². The number of hydrogen-bond acceptors (Lipinski definition) is 5. The van der Waals surface area contributed by atoms with E-state index in [0.29, 0.717) is 17.0 Å². The number of imide groups is 1. The Balaban J connectivity index is 1.36. The second-order valence-electron chi connectivity index (χ2n) is 7.34. The van der Waals surface area contributed by atoms with E-state index in [-0.39, 0.29) is 29.5 Å². The van der Waals surface area contributed by atoms with Gasteiger partial charge < -0.3 is 9.73 Å². The Morgan fingerprint density at radius 3 is 2.50 bits per heavy atom. The van der Waals surface area contributed by atoms with Crippen LogP contribution in [0.15, 0.2) is 89.8 Å². The zero-order valence-electron chi connectivity index (χ0n) is 16.8. The predicted molar refractivity (Wildman–Crippen MR) is 117 cm³/mol. The molecule has 0 unspecified atom stereocenters. The van der Waals surface area contributed by atoms with E-state index in [1.807, 2.05) is 36.4 Å². The lowest BCUT2D eigenvalue weighted by Crippen LogP contribution is -2.29. The molecule has 0 radical (unpaired) electrons. The van der Waals surface area contributed by atoms with E-state index in [1.165, 1.54) is 23.4 Å². The van der Waals surface area contributed by atoms with E-state index in [4.69, 9.17) is 4.42 Å². The van der Waals surface area contributed by atoms with Crippen LogP contribution in [-0.4, -0.2) is 27.6 Å². The molecule has 0 fully saturated rings. The summed E-state index contributed by atoms with van der Waals surface area (Å²) in [6.07, 6.45) is 2.93. The fourth-order valence-corrected chi connectivity index (χ4v) is 3.65. The van der Waals surface area contributed by atoms with E-state index >= 15 is 0 Å². The summed E-state index contributed by atoms with van der Waals surface area (Å²) in [6.45, 7) is 0.184. The zero-order valence-corrected chi connectivity index (χ0v) is 16.8. The Bertz CT molecular complexity index is 1330. The molecule has 1 N–H and O–H groups in total. The first kappa shape index (κ1) is 19.4. The Morgan fingerprint density at radius 1 is 0.906 bits per heavy atom. The molecule has 0 atom stereocenters. The van der Waals surface area contributed by atoms with Gasteiger partial charge in [-0.2, -0.15) is 0 Å². The summed E-state index contributed by atoms with van der Waals surface area (Å²) in [5, 5.41) is 2.82. The van der Waals surface area contributed by atoms with Gasteiger partial charge in [-0.1, -0.05) is 42.5 Å². The van der Waals surface area contributed by atoms with Crippen LogP contribution >= 0.6 is 0 Å². The number of carbonyl (C=O) groups is 3. The molecular formula is C25H17N3O4. The van der Waals surface area contributed by atoms with Crippen molar-refractivity contribution in [2.45, 2.75) is 6.54 Å². The minimum atomic E-state index is -0.407. The standard InChI is InChI=1S/C25H17N3O4/c29-23(27-19-8-4-7-17(11-19)22-13-26-15-32-22)18-9-10-20-21(12-18)25(31)28(24(20)30)14-16-5-2-1-3-6-16/h1-13,15H,14H2,(H,27,29). The number of benzene rings is 3. The van der Waals surface area contributed by atoms with Gasteiger partial charge in [0, 0.05) is 16.8 Å². The number of fused-ring (bicyclic) bond motifs is 1. The van der Waals surface area contributed by atoms with Gasteiger partial charge in [-0.25, -0.2) is 4.98 Å². The summed E-state index contributed by atoms with van der Waals surface area (Å²) < 4.78 is 5.29. The molecule has 4 aromatic rings. The molecule has 1 aliphatic heterocycles. The molecule has 0 saturated heterocycles. The fourth-order valence-electron chi connectivity index (χ4n) is 3.65. The molecule has 156 valence electrons. The first-order valence-electron chi connectivity index (χ1n) is 9.94. The molecule has 32 heavy (non-hydrogen) atoms. The third-order valence-electron chi connectivity index (χ3n) is 5.25. The number of rotatable bonds is 5. The number of anilines is 1. The smallest absolute Gasteiger partial charge is 0.261 e. The molecule has 5 rings (SSSR count). The number of nitrogens with one attached hydrogen (secondary N) is 1. The number of aromatic nitrogens is 1. The van der Waals surface area contributed by atoms with E-state index in [1.54, 1.807) is 30.5 Å². The SMILES string of the molecule is O=C(Nc1cccc(-c2cnco2)c1)c1ccc2c(c1)C(=O)N(Cc1ccccc1)C2=O. The van der Waals surface area contributed by atoms with Gasteiger partial charge in [-0.3, -0.25) is 19.3 Å². The number of hydrogen-bond donors (Lipinski definition) is 1. The fraction of sp³-hybridized carbons (Fsp3) is 0.0400. The molecular weight excluding hydrogens is 406 g/mol. The summed E-state index contributed by atoms with van der Waals surface area (Å²) in [5.74, 6) is -0.568. The van der Waals surface area contributed by atoms with Crippen LogP contribution in [0.5, 0.6) is 0 Å². The second kappa shape index (κ2) is 7.96. The van der Waals surface area contributed by atoms with Crippen LogP contribution in [0.3, 0.4) is 0 Å². The quantitative estimate of drug-likeness (QED) is 0.481. The van der Waals surface area contributed by atoms with E-state index in [2.05, 4.69) is 10.3 Å². The van der Waals surface area contributed by atoms with Crippen LogP contribution in [0.2, 0.25) is 0 Å². The summed E-state index contributed by atoms with van der Waals surface area (Å²) in [7, 11) is 0. The molecule has 1 aliphatic rings. The van der Waals surface area contributed by atoms with Crippen LogP contribution < -0.4 is 5.32 Å². The van der Waals surface area contributed by atoms with Crippen molar-refractivity contribution in [3.8, 4) is 11.3 Å². The van der Waals surface area contributed by atoms with Gasteiger partial charge in [0.25, 0.3) is 17.7 Å². The van der Waals surface area contributed by atoms with Crippen LogP contribution in [0.4, 0.5) is 5.69 Å². The molecule has 0 aliphatic carbocycles. The van der Waals surface area contributed by atoms with Gasteiger partial charge in [0.15, 0.2) is 12.2 Å². The van der Waals surface area contributed by atoms with Crippen molar-refractivity contribution in [3.63, 3.8) is 0 Å². The van der Waals surface area contributed by atoms with Crippen molar-refractivity contribution >= 4 is 23.4 Å². The minimum absolute atomic E-state index is 0.184. The molecule has 7 heteroatoms. The number of amides is 3. The first-order chi connectivity index (χ1) is 15.6. The Labute approximate surface area is 183 Å². The van der Waals surface area contributed by atoms with Crippen LogP contribution in [0, 0.1) is 0 Å². The molecule has 3 amide bonds. The van der Waals surface area contributed by atoms with Crippen molar-refractivity contribution in [2.75, 3.05) is 5.32 Å². The summed E-state index contributed by atoms with van der Waals surface area (Å²) >= 11 is 0. The highest BCUT2D eigenvalue weighted by molar-refractivity contribution is 6.22. The predicted octanol–water partition coefficient (Wildman–Crippen LogP) is 4.39. The summed E-state index contributed by atoms with van der Waals surface area (Å²) in [4.78, 5) is 43.5. The molecule has 7 nitrogen and oxygen atoms in total. The highest BCUT2D eigenvalue weighted by atomic mass is 16.3. The molecule has 0 saturated carbocycles. The average molecular weight is 423 g/mol. The topological polar surface area (TPSA) is 92.5 Å². The molecule has 1 aromatic heterocycles. The largest absolute Gasteiger partial charge is 0.444 e. The second-order valence-corrected chi connectivity index (χ2v) is 7.34. The first-order valence-corrected chi connectivity index (χ1v) is 9.94. The van der Waals surface area contributed by atoms with Crippen molar-refractivity contribution in [3.05, 3.63) is 108 Å². The molecule has 0 bridgehead atoms. The van der Waals surface area contributed by atoms with Crippen molar-refractivity contribution in [2.24, 2.45) is 0 Å². The van der Waals surface area contributed by atoms with E-state index < -0.39 is 5.91 Å². The van der Waals surface area contributed by atoms with E-state index in [9.17, 15) is 14.4 Å². The average Bonchev–Trinajstić information content (AvgIpc) is 3.44. The maximum Gasteiger partial charge on any atom is 0.261 e. The van der Waals surface area contributed by atoms with Gasteiger partial charge in [-0.15, -0.1) is 0 Å². The summed E-state index contributed by atoms with van der Waals surface area (Å²) in [5.41, 5.74) is 3.01. The molecule has 0 spiro atoms. The monoisotopic (exact) mass is 423 g/mol. The Kier molecular flexibility index (Phi) is 4.84. The van der Waals surface area contributed by atoms with Crippen LogP contribution in [-0.2, 0) is 6.54 Å². The summed E-state index contributed by atoms with van der Waals surface area (Å²) in [6, 6.07) is 21.0.